The van der Waals surface area contributed by atoms with E-state index in [0.717, 1.165) is 6.16 Å². The van der Waals surface area contributed by atoms with Gasteiger partial charge in [0, 0.05) is 12.2 Å². The molecule has 0 saturated heterocycles. The quantitative estimate of drug-likeness (QED) is 0.765. The molecule has 0 amide bonds. The van der Waals surface area contributed by atoms with Gasteiger partial charge in [0.05, 0.1) is 0 Å². The van der Waals surface area contributed by atoms with Gasteiger partial charge in [0.25, 0.3) is 0 Å². The first-order valence-electron chi connectivity index (χ1n) is 7.78. The van der Waals surface area contributed by atoms with Crippen molar-refractivity contribution in [2.24, 2.45) is 5.41 Å². The molecule has 3 heteroatoms. The van der Waals surface area contributed by atoms with E-state index in [2.05, 4.69) is 93.4 Å². The molecular weight excluding hydrogens is 305 g/mol. The molecule has 0 aromatic heterocycles. The fourth-order valence-corrected chi connectivity index (χ4v) is 7.87. The number of benzene rings is 2. The van der Waals surface area contributed by atoms with E-state index in [0.29, 0.717) is 0 Å². The molecule has 0 bridgehead atoms. The van der Waals surface area contributed by atoms with Crippen molar-refractivity contribution in [2.75, 3.05) is 6.16 Å². The average Bonchev–Trinajstić information content (AvgIpc) is 2.47. The van der Waals surface area contributed by atoms with Gasteiger partial charge in [-0.2, -0.15) is 0 Å². The predicted octanol–water partition coefficient (Wildman–Crippen LogP) is 5.10. The van der Waals surface area contributed by atoms with Gasteiger partial charge in [0.15, 0.2) is 0 Å². The van der Waals surface area contributed by atoms with Gasteiger partial charge in [-0.05, 0) is 29.4 Å². The lowest BCUT2D eigenvalue weighted by Gasteiger charge is -2.33. The highest BCUT2D eigenvalue weighted by molar-refractivity contribution is 8.17. The van der Waals surface area contributed by atoms with E-state index in [1.54, 1.807) is 0 Å². The van der Waals surface area contributed by atoms with Gasteiger partial charge in [-0.3, -0.25) is 5.09 Å². The Balaban J connectivity index is 2.32. The largest absolute Gasteiger partial charge is 0.278 e. The Bertz CT molecular complexity index is 631. The summed E-state index contributed by atoms with van der Waals surface area (Å²) in [6, 6.07) is 21.4. The third-order valence-corrected chi connectivity index (χ3v) is 8.24. The summed E-state index contributed by atoms with van der Waals surface area (Å²) < 4.78 is 0. The van der Waals surface area contributed by atoms with Gasteiger partial charge in [-0.15, -0.1) is 0 Å². The molecule has 0 radical (unpaired) electrons. The summed E-state index contributed by atoms with van der Waals surface area (Å²) in [5.74, 6) is 0. The molecule has 2 unspecified atom stereocenters. The van der Waals surface area contributed by atoms with Crippen molar-refractivity contribution in [3.8, 4) is 0 Å². The van der Waals surface area contributed by atoms with Crippen LogP contribution in [-0.4, -0.2) is 6.16 Å². The van der Waals surface area contributed by atoms with Gasteiger partial charge in [0.1, 0.15) is 0 Å². The fraction of sp³-hybridized carbons (Fsp3) is 0.368. The van der Waals surface area contributed by atoms with Gasteiger partial charge in [-0.25, -0.2) is 0 Å². The lowest BCUT2D eigenvalue weighted by Crippen LogP contribution is -2.28. The number of nitrogens with one attached hydrogen (secondary N) is 1. The maximum Gasteiger partial charge on any atom is 0.0414 e. The van der Waals surface area contributed by atoms with Gasteiger partial charge in [0.2, 0.25) is 0 Å². The maximum absolute atomic E-state index is 6.19. The molecule has 1 nitrogen and oxygen atoms in total. The zero-order valence-electron chi connectivity index (χ0n) is 13.9. The van der Waals surface area contributed by atoms with Crippen LogP contribution in [0.2, 0.25) is 0 Å². The maximum atomic E-state index is 6.19. The molecule has 1 N–H and O–H groups in total. The van der Waals surface area contributed by atoms with E-state index in [1.165, 1.54) is 10.9 Å². The van der Waals surface area contributed by atoms with Crippen LogP contribution in [0.15, 0.2) is 60.7 Å². The SMILES string of the molecule is CC(NP(=S)(CC(C)(C)C)c1ccccc1)c1ccccc1. The third-order valence-electron chi connectivity index (χ3n) is 3.57. The summed E-state index contributed by atoms with van der Waals surface area (Å²) in [6.45, 7) is 9.02. The summed E-state index contributed by atoms with van der Waals surface area (Å²) in [4.78, 5) is 0. The molecule has 2 rings (SSSR count). The summed E-state index contributed by atoms with van der Waals surface area (Å²) in [5.41, 5.74) is 1.50. The van der Waals surface area contributed by atoms with Gasteiger partial charge < -0.3 is 0 Å². The minimum absolute atomic E-state index is 0.203. The van der Waals surface area contributed by atoms with Crippen molar-refractivity contribution in [1.82, 2.24) is 5.09 Å². The first-order valence-corrected chi connectivity index (χ1v) is 10.8. The molecule has 0 fully saturated rings. The Hall–Kier alpha value is -0.950. The third kappa shape index (κ3) is 4.78. The van der Waals surface area contributed by atoms with E-state index in [9.17, 15) is 0 Å². The van der Waals surface area contributed by atoms with Crippen LogP contribution in [0.5, 0.6) is 0 Å². The molecule has 22 heavy (non-hydrogen) atoms. The summed E-state index contributed by atoms with van der Waals surface area (Å²) in [6.07, 6.45) is -0.821. The standard InChI is InChI=1S/C19H26NPS/c1-16(17-11-7-5-8-12-17)20-21(22,15-19(2,3)4)18-13-9-6-10-14-18/h5-14,16H,15H2,1-4H3,(H,20,22). The molecule has 0 aliphatic carbocycles. The lowest BCUT2D eigenvalue weighted by molar-refractivity contribution is 0.475. The second-order valence-electron chi connectivity index (χ2n) is 7.06. The van der Waals surface area contributed by atoms with Crippen molar-refractivity contribution in [3.05, 3.63) is 66.2 Å². The Kier molecular flexibility index (Phi) is 5.60. The molecule has 2 aromatic carbocycles. The monoisotopic (exact) mass is 331 g/mol. The molecule has 0 heterocycles. The second kappa shape index (κ2) is 7.08. The van der Waals surface area contributed by atoms with Crippen LogP contribution in [0.25, 0.3) is 0 Å². The predicted molar refractivity (Wildman–Crippen MR) is 103 cm³/mol. The van der Waals surface area contributed by atoms with E-state index in [1.807, 2.05) is 0 Å². The lowest BCUT2D eigenvalue weighted by atomic mass is 10.0. The van der Waals surface area contributed by atoms with Crippen molar-refractivity contribution < 1.29 is 0 Å². The highest BCUT2D eigenvalue weighted by Gasteiger charge is 2.28. The molecule has 0 aliphatic rings. The summed E-state index contributed by atoms with van der Waals surface area (Å²) >= 11 is 6.19. The minimum atomic E-state index is -1.83. The average molecular weight is 331 g/mol. The Morgan fingerprint density at radius 1 is 0.955 bits per heavy atom. The van der Waals surface area contributed by atoms with Crippen LogP contribution < -0.4 is 10.4 Å². The van der Waals surface area contributed by atoms with E-state index in [-0.39, 0.29) is 11.5 Å². The van der Waals surface area contributed by atoms with Crippen LogP contribution in [0, 0.1) is 5.41 Å². The minimum Gasteiger partial charge on any atom is -0.278 e. The van der Waals surface area contributed by atoms with Crippen molar-refractivity contribution in [3.63, 3.8) is 0 Å². The Morgan fingerprint density at radius 2 is 1.45 bits per heavy atom. The zero-order valence-corrected chi connectivity index (χ0v) is 15.6. The molecule has 2 atom stereocenters. The van der Waals surface area contributed by atoms with Crippen LogP contribution in [0.4, 0.5) is 0 Å². The van der Waals surface area contributed by atoms with E-state index in [4.69, 9.17) is 11.8 Å². The number of rotatable bonds is 5. The normalized spacial score (nSPS) is 16.0. The highest BCUT2D eigenvalue weighted by Crippen LogP contribution is 2.47. The van der Waals surface area contributed by atoms with Crippen molar-refractivity contribution >= 4 is 23.3 Å². The smallest absolute Gasteiger partial charge is 0.0414 e. The van der Waals surface area contributed by atoms with Crippen LogP contribution in [0.3, 0.4) is 0 Å². The topological polar surface area (TPSA) is 12.0 Å². The van der Waals surface area contributed by atoms with E-state index < -0.39 is 6.19 Å². The molecular formula is C19H26NPS. The second-order valence-corrected chi connectivity index (χ2v) is 11.5. The van der Waals surface area contributed by atoms with Crippen LogP contribution in [-0.2, 0) is 11.8 Å². The molecule has 2 aromatic rings. The highest BCUT2D eigenvalue weighted by atomic mass is 32.4. The zero-order chi connectivity index (χ0) is 16.2. The molecule has 0 spiro atoms. The first kappa shape index (κ1) is 17.4. The molecule has 0 aliphatic heterocycles. The summed E-state index contributed by atoms with van der Waals surface area (Å²) in [5, 5.41) is 5.09. The van der Waals surface area contributed by atoms with Crippen molar-refractivity contribution in [1.29, 1.82) is 0 Å². The fourth-order valence-electron chi connectivity index (χ4n) is 2.68. The summed E-state index contributed by atoms with van der Waals surface area (Å²) in [7, 11) is 0. The Morgan fingerprint density at radius 3 is 1.95 bits per heavy atom. The molecule has 118 valence electrons. The van der Waals surface area contributed by atoms with Crippen molar-refractivity contribution in [2.45, 2.75) is 33.7 Å². The number of hydrogen-bond acceptors (Lipinski definition) is 1. The number of hydrogen-bond donors (Lipinski definition) is 1. The van der Waals surface area contributed by atoms with Gasteiger partial charge >= 0.3 is 0 Å². The van der Waals surface area contributed by atoms with E-state index >= 15 is 0 Å². The Labute approximate surface area is 140 Å². The van der Waals surface area contributed by atoms with Crippen LogP contribution >= 0.6 is 6.19 Å². The van der Waals surface area contributed by atoms with Gasteiger partial charge in [-0.1, -0.05) is 93.2 Å². The molecule has 0 saturated carbocycles. The van der Waals surface area contributed by atoms with Crippen LogP contribution in [0.1, 0.15) is 39.3 Å². The first-order chi connectivity index (χ1) is 10.3.